The highest BCUT2D eigenvalue weighted by Gasteiger charge is 2.35. The number of hydrogen-bond acceptors (Lipinski definition) is 1. The number of phenolic OH excluding ortho intramolecular Hbond substituents is 1. The smallest absolute Gasteiger partial charge is 0.115 e. The van der Waals surface area contributed by atoms with Gasteiger partial charge in [0, 0.05) is 0 Å². The molecule has 1 aromatic carbocycles. The van der Waals surface area contributed by atoms with E-state index in [1.807, 2.05) is 12.1 Å². The SMILES string of the molecule is CCC(C)(C)CCCCc1ccc(O)cc1CCCCCC1(C)CC1. The average molecular weight is 345 g/mol. The van der Waals surface area contributed by atoms with Crippen LogP contribution in [0.2, 0.25) is 0 Å². The highest BCUT2D eigenvalue weighted by Crippen LogP contribution is 2.49. The van der Waals surface area contributed by atoms with Crippen LogP contribution in [0.5, 0.6) is 5.75 Å². The monoisotopic (exact) mass is 344 g/mol. The Morgan fingerprint density at radius 3 is 2.32 bits per heavy atom. The van der Waals surface area contributed by atoms with Crippen LogP contribution in [0.15, 0.2) is 18.2 Å². The van der Waals surface area contributed by atoms with Crippen molar-refractivity contribution in [3.8, 4) is 5.75 Å². The second-order valence-corrected chi connectivity index (χ2v) is 9.55. The molecule has 2 rings (SSSR count). The lowest BCUT2D eigenvalue weighted by molar-refractivity contribution is 0.309. The Labute approximate surface area is 156 Å². The van der Waals surface area contributed by atoms with E-state index in [2.05, 4.69) is 33.8 Å². The van der Waals surface area contributed by atoms with Gasteiger partial charge in [0.1, 0.15) is 5.75 Å². The lowest BCUT2D eigenvalue weighted by atomic mass is 9.84. The predicted molar refractivity (Wildman–Crippen MR) is 109 cm³/mol. The molecule has 142 valence electrons. The number of aryl methyl sites for hydroxylation is 2. The van der Waals surface area contributed by atoms with Gasteiger partial charge in [-0.05, 0) is 85.5 Å². The highest BCUT2D eigenvalue weighted by molar-refractivity contribution is 5.35. The quantitative estimate of drug-likeness (QED) is 0.390. The first-order valence-corrected chi connectivity index (χ1v) is 10.6. The lowest BCUT2D eigenvalue weighted by Crippen LogP contribution is -2.09. The molecule has 0 heterocycles. The molecule has 0 radical (unpaired) electrons. The molecule has 1 N–H and O–H groups in total. The van der Waals surface area contributed by atoms with Crippen LogP contribution < -0.4 is 0 Å². The molecule has 0 amide bonds. The highest BCUT2D eigenvalue weighted by atomic mass is 16.3. The molecule has 0 atom stereocenters. The van der Waals surface area contributed by atoms with E-state index in [1.54, 1.807) is 0 Å². The van der Waals surface area contributed by atoms with Crippen LogP contribution in [-0.4, -0.2) is 5.11 Å². The van der Waals surface area contributed by atoms with Crippen LogP contribution in [0.1, 0.15) is 103 Å². The normalized spacial score (nSPS) is 16.2. The van der Waals surface area contributed by atoms with E-state index < -0.39 is 0 Å². The average Bonchev–Trinajstić information content (AvgIpc) is 3.30. The van der Waals surface area contributed by atoms with Crippen molar-refractivity contribution >= 4 is 0 Å². The Balaban J connectivity index is 1.74. The van der Waals surface area contributed by atoms with Crippen LogP contribution in [0.25, 0.3) is 0 Å². The second-order valence-electron chi connectivity index (χ2n) is 9.55. The molecule has 0 aliphatic heterocycles. The summed E-state index contributed by atoms with van der Waals surface area (Å²) in [4.78, 5) is 0. The van der Waals surface area contributed by atoms with E-state index in [-0.39, 0.29) is 0 Å². The number of aromatic hydroxyl groups is 1. The predicted octanol–water partition coefficient (Wildman–Crippen LogP) is 7.44. The molecule has 0 aromatic heterocycles. The van der Waals surface area contributed by atoms with Gasteiger partial charge in [0.2, 0.25) is 0 Å². The number of unbranched alkanes of at least 4 members (excludes halogenated alkanes) is 3. The van der Waals surface area contributed by atoms with Crippen molar-refractivity contribution in [2.45, 2.75) is 105 Å². The molecule has 0 unspecified atom stereocenters. The first-order chi connectivity index (χ1) is 11.8. The van der Waals surface area contributed by atoms with Gasteiger partial charge < -0.3 is 5.11 Å². The Hall–Kier alpha value is -0.980. The summed E-state index contributed by atoms with van der Waals surface area (Å²) in [5.41, 5.74) is 4.02. The van der Waals surface area contributed by atoms with E-state index in [9.17, 15) is 5.11 Å². The van der Waals surface area contributed by atoms with Gasteiger partial charge in [0.05, 0.1) is 0 Å². The third kappa shape index (κ3) is 7.42. The number of benzene rings is 1. The molecule has 1 aliphatic rings. The molecule has 1 nitrogen and oxygen atoms in total. The molecule has 0 saturated heterocycles. The van der Waals surface area contributed by atoms with E-state index in [0.29, 0.717) is 16.6 Å². The molecule has 1 heteroatoms. The van der Waals surface area contributed by atoms with Gasteiger partial charge in [-0.2, -0.15) is 0 Å². The van der Waals surface area contributed by atoms with Crippen LogP contribution >= 0.6 is 0 Å². The maximum Gasteiger partial charge on any atom is 0.115 e. The molecule has 0 bridgehead atoms. The molecular formula is C24H40O. The fourth-order valence-corrected chi connectivity index (χ4v) is 3.69. The standard InChI is InChI=1S/C24H40O/c1-5-23(2,3)15-10-8-11-20-13-14-22(25)19-21(20)12-7-6-9-16-24(4)17-18-24/h13-14,19,25H,5-12,15-18H2,1-4H3. The molecule has 1 aliphatic carbocycles. The number of rotatable bonds is 12. The Kier molecular flexibility index (Phi) is 7.40. The van der Waals surface area contributed by atoms with Crippen LogP contribution in [0.3, 0.4) is 0 Å². The van der Waals surface area contributed by atoms with Gasteiger partial charge in [0.15, 0.2) is 0 Å². The maximum absolute atomic E-state index is 9.87. The van der Waals surface area contributed by atoms with Crippen molar-refractivity contribution in [1.29, 1.82) is 0 Å². The van der Waals surface area contributed by atoms with Gasteiger partial charge in [-0.3, -0.25) is 0 Å². The minimum atomic E-state index is 0.427. The summed E-state index contributed by atoms with van der Waals surface area (Å²) in [6.45, 7) is 9.48. The van der Waals surface area contributed by atoms with E-state index >= 15 is 0 Å². The minimum absolute atomic E-state index is 0.427. The summed E-state index contributed by atoms with van der Waals surface area (Å²) in [6.07, 6.45) is 15.7. The van der Waals surface area contributed by atoms with Crippen molar-refractivity contribution in [2.24, 2.45) is 10.8 Å². The molecule has 1 aromatic rings. The van der Waals surface area contributed by atoms with Crippen molar-refractivity contribution < 1.29 is 5.11 Å². The zero-order chi connectivity index (χ0) is 18.3. The van der Waals surface area contributed by atoms with Gasteiger partial charge in [-0.1, -0.05) is 59.4 Å². The molecule has 25 heavy (non-hydrogen) atoms. The first-order valence-electron chi connectivity index (χ1n) is 10.6. The summed E-state index contributed by atoms with van der Waals surface area (Å²) in [6, 6.07) is 6.02. The van der Waals surface area contributed by atoms with Crippen LogP contribution in [0, 0.1) is 10.8 Å². The maximum atomic E-state index is 9.87. The zero-order valence-electron chi connectivity index (χ0n) is 17.2. The fraction of sp³-hybridized carbons (Fsp3) is 0.750. The molecule has 1 fully saturated rings. The van der Waals surface area contributed by atoms with Gasteiger partial charge in [-0.15, -0.1) is 0 Å². The molecular weight excluding hydrogens is 304 g/mol. The van der Waals surface area contributed by atoms with E-state index in [1.165, 1.54) is 75.3 Å². The molecule has 0 spiro atoms. The Morgan fingerprint density at radius 2 is 1.64 bits per heavy atom. The summed E-state index contributed by atoms with van der Waals surface area (Å²) >= 11 is 0. The first kappa shape index (κ1) is 20.3. The lowest BCUT2D eigenvalue weighted by Gasteiger charge is -2.22. The van der Waals surface area contributed by atoms with Crippen molar-refractivity contribution in [2.75, 3.05) is 0 Å². The third-order valence-electron chi connectivity index (χ3n) is 6.53. The largest absolute Gasteiger partial charge is 0.508 e. The van der Waals surface area contributed by atoms with Gasteiger partial charge >= 0.3 is 0 Å². The zero-order valence-corrected chi connectivity index (χ0v) is 17.2. The van der Waals surface area contributed by atoms with E-state index in [4.69, 9.17) is 0 Å². The summed E-state index contributed by atoms with van der Waals surface area (Å²) in [5.74, 6) is 0.427. The summed E-state index contributed by atoms with van der Waals surface area (Å²) in [5, 5.41) is 9.87. The Bertz CT molecular complexity index is 525. The van der Waals surface area contributed by atoms with Gasteiger partial charge in [-0.25, -0.2) is 0 Å². The van der Waals surface area contributed by atoms with Gasteiger partial charge in [0.25, 0.3) is 0 Å². The summed E-state index contributed by atoms with van der Waals surface area (Å²) < 4.78 is 0. The summed E-state index contributed by atoms with van der Waals surface area (Å²) in [7, 11) is 0. The van der Waals surface area contributed by atoms with Crippen molar-refractivity contribution in [1.82, 2.24) is 0 Å². The number of hydrogen-bond donors (Lipinski definition) is 1. The minimum Gasteiger partial charge on any atom is -0.508 e. The van der Waals surface area contributed by atoms with Crippen molar-refractivity contribution in [3.05, 3.63) is 29.3 Å². The second kappa shape index (κ2) is 9.10. The fourth-order valence-electron chi connectivity index (χ4n) is 3.69. The Morgan fingerprint density at radius 1 is 0.960 bits per heavy atom. The number of phenols is 1. The molecule has 1 saturated carbocycles. The van der Waals surface area contributed by atoms with Crippen LogP contribution in [-0.2, 0) is 12.8 Å². The van der Waals surface area contributed by atoms with Crippen molar-refractivity contribution in [3.63, 3.8) is 0 Å². The van der Waals surface area contributed by atoms with E-state index in [0.717, 1.165) is 12.8 Å². The topological polar surface area (TPSA) is 20.2 Å². The van der Waals surface area contributed by atoms with Crippen LogP contribution in [0.4, 0.5) is 0 Å². The third-order valence-corrected chi connectivity index (χ3v) is 6.53.